The molecule has 1 heterocycles. The van der Waals surface area contributed by atoms with Gasteiger partial charge in [0.15, 0.2) is 6.29 Å². The highest BCUT2D eigenvalue weighted by atomic mass is 127. The van der Waals surface area contributed by atoms with Crippen molar-refractivity contribution in [3.05, 3.63) is 26.6 Å². The smallest absolute Gasteiger partial charge is 0.267 e. The Labute approximate surface area is 91.9 Å². The normalized spacial score (nSPS) is 9.93. The molecule has 0 saturated heterocycles. The molecule has 0 radical (unpaired) electrons. The Morgan fingerprint density at radius 2 is 2.29 bits per heavy atom. The van der Waals surface area contributed by atoms with Gasteiger partial charge in [0.2, 0.25) is 0 Å². The summed E-state index contributed by atoms with van der Waals surface area (Å²) in [7, 11) is 0. The second-order valence-electron chi connectivity index (χ2n) is 2.31. The van der Waals surface area contributed by atoms with E-state index in [-0.39, 0.29) is 17.5 Å². The summed E-state index contributed by atoms with van der Waals surface area (Å²) in [6, 6.07) is 1.63. The molecule has 3 nitrogen and oxygen atoms in total. The molecule has 0 N–H and O–H groups in total. The number of alkyl halides is 2. The second kappa shape index (κ2) is 4.41. The van der Waals surface area contributed by atoms with Crippen molar-refractivity contribution in [3.63, 3.8) is 0 Å². The fourth-order valence-corrected chi connectivity index (χ4v) is 1.50. The molecule has 0 atom stereocenters. The number of nitriles is 1. The molecule has 0 amide bonds. The fourth-order valence-electron chi connectivity index (χ4n) is 0.945. The van der Waals surface area contributed by atoms with Crippen molar-refractivity contribution in [2.45, 2.75) is 6.43 Å². The van der Waals surface area contributed by atoms with Crippen molar-refractivity contribution in [1.82, 2.24) is 4.98 Å². The Morgan fingerprint density at radius 1 is 1.64 bits per heavy atom. The molecular weight excluding hydrogens is 305 g/mol. The number of halogens is 3. The van der Waals surface area contributed by atoms with Crippen molar-refractivity contribution in [3.8, 4) is 6.07 Å². The number of carbonyl (C=O) groups excluding carboxylic acids is 1. The van der Waals surface area contributed by atoms with Crippen LogP contribution in [0.5, 0.6) is 0 Å². The number of carbonyl (C=O) groups is 1. The Bertz CT molecular complexity index is 415. The Morgan fingerprint density at radius 3 is 2.71 bits per heavy atom. The molecule has 0 aliphatic heterocycles. The first-order valence-corrected chi connectivity index (χ1v) is 4.51. The molecule has 1 aromatic rings. The third kappa shape index (κ3) is 1.87. The zero-order valence-corrected chi connectivity index (χ0v) is 8.83. The third-order valence-electron chi connectivity index (χ3n) is 1.54. The highest BCUT2D eigenvalue weighted by Crippen LogP contribution is 2.27. The summed E-state index contributed by atoms with van der Waals surface area (Å²) < 4.78 is 25.3. The van der Waals surface area contributed by atoms with Gasteiger partial charge in [-0.05, 0) is 22.6 Å². The summed E-state index contributed by atoms with van der Waals surface area (Å²) in [6.45, 7) is 0. The first-order chi connectivity index (χ1) is 6.61. The average Bonchev–Trinajstić information content (AvgIpc) is 2.17. The van der Waals surface area contributed by atoms with Crippen molar-refractivity contribution in [2.24, 2.45) is 0 Å². The van der Waals surface area contributed by atoms with Gasteiger partial charge in [-0.1, -0.05) is 0 Å². The summed E-state index contributed by atoms with van der Waals surface area (Å²) in [5.74, 6) is 0. The van der Waals surface area contributed by atoms with Gasteiger partial charge in [0.05, 0.1) is 11.1 Å². The maximum Gasteiger partial charge on any atom is 0.267 e. The zero-order valence-electron chi connectivity index (χ0n) is 6.67. The molecule has 0 fully saturated rings. The molecule has 1 rings (SSSR count). The lowest BCUT2D eigenvalue weighted by molar-refractivity contribution is 0.110. The molecular formula is C8H3F2IN2O. The third-order valence-corrected chi connectivity index (χ3v) is 2.36. The molecule has 0 bridgehead atoms. The summed E-state index contributed by atoms with van der Waals surface area (Å²) in [6.07, 6.45) is -1.43. The van der Waals surface area contributed by atoms with Crippen LogP contribution in [0.15, 0.2) is 6.20 Å². The fraction of sp³-hybridized carbons (Fsp3) is 0.125. The van der Waals surface area contributed by atoms with Gasteiger partial charge in [0, 0.05) is 9.77 Å². The van der Waals surface area contributed by atoms with E-state index in [1.807, 2.05) is 0 Å². The largest absolute Gasteiger partial charge is 0.296 e. The van der Waals surface area contributed by atoms with Gasteiger partial charge in [0.25, 0.3) is 6.43 Å². The predicted octanol–water partition coefficient (Wildman–Crippen LogP) is 2.31. The van der Waals surface area contributed by atoms with E-state index in [4.69, 9.17) is 5.26 Å². The van der Waals surface area contributed by atoms with E-state index in [0.717, 1.165) is 0 Å². The van der Waals surface area contributed by atoms with Gasteiger partial charge >= 0.3 is 0 Å². The number of hydrogen-bond acceptors (Lipinski definition) is 3. The van der Waals surface area contributed by atoms with Crippen LogP contribution in [0.2, 0.25) is 0 Å². The molecule has 14 heavy (non-hydrogen) atoms. The van der Waals surface area contributed by atoms with Crippen LogP contribution in [0.3, 0.4) is 0 Å². The molecule has 72 valence electrons. The van der Waals surface area contributed by atoms with Gasteiger partial charge < -0.3 is 0 Å². The van der Waals surface area contributed by atoms with Crippen LogP contribution in [0.1, 0.15) is 28.0 Å². The SMILES string of the molecule is N#Cc1c(I)cnc(C=O)c1C(F)F. The van der Waals surface area contributed by atoms with Crippen LogP contribution in [0.25, 0.3) is 0 Å². The summed E-state index contributed by atoms with van der Waals surface area (Å²) in [5.41, 5.74) is -1.15. The first-order valence-electron chi connectivity index (χ1n) is 3.43. The van der Waals surface area contributed by atoms with E-state index in [1.165, 1.54) is 6.20 Å². The summed E-state index contributed by atoms with van der Waals surface area (Å²) >= 11 is 1.72. The summed E-state index contributed by atoms with van der Waals surface area (Å²) in [4.78, 5) is 13.9. The monoisotopic (exact) mass is 308 g/mol. The van der Waals surface area contributed by atoms with E-state index in [1.54, 1.807) is 28.7 Å². The molecule has 1 aromatic heterocycles. The molecule has 0 aliphatic carbocycles. The van der Waals surface area contributed by atoms with Crippen LogP contribution in [-0.2, 0) is 0 Å². The Balaban J connectivity index is 3.54. The molecule has 6 heteroatoms. The topological polar surface area (TPSA) is 53.8 Å². The summed E-state index contributed by atoms with van der Waals surface area (Å²) in [5, 5.41) is 8.64. The van der Waals surface area contributed by atoms with Gasteiger partial charge in [0.1, 0.15) is 11.8 Å². The molecule has 0 spiro atoms. The van der Waals surface area contributed by atoms with Crippen molar-refractivity contribution < 1.29 is 13.6 Å². The predicted molar refractivity (Wildman–Crippen MR) is 52.0 cm³/mol. The lowest BCUT2D eigenvalue weighted by Crippen LogP contribution is -2.03. The maximum atomic E-state index is 12.5. The van der Waals surface area contributed by atoms with E-state index >= 15 is 0 Å². The number of rotatable bonds is 2. The van der Waals surface area contributed by atoms with Gasteiger partial charge in [-0.25, -0.2) is 8.78 Å². The minimum absolute atomic E-state index is 0.183. The standard InChI is InChI=1S/C8H3F2IN2O/c9-8(10)7-4(1-12)5(11)2-13-6(7)3-14/h2-3,8H. The minimum atomic E-state index is -2.87. The highest BCUT2D eigenvalue weighted by molar-refractivity contribution is 14.1. The number of aldehydes is 1. The number of nitrogens with zero attached hydrogens (tertiary/aromatic N) is 2. The van der Waals surface area contributed by atoms with E-state index in [0.29, 0.717) is 3.57 Å². The van der Waals surface area contributed by atoms with Crippen LogP contribution < -0.4 is 0 Å². The van der Waals surface area contributed by atoms with Gasteiger partial charge in [-0.3, -0.25) is 9.78 Å². The van der Waals surface area contributed by atoms with E-state index < -0.39 is 12.0 Å². The molecule has 0 aliphatic rings. The van der Waals surface area contributed by atoms with Crippen LogP contribution >= 0.6 is 22.6 Å². The molecule has 0 aromatic carbocycles. The lowest BCUT2D eigenvalue weighted by atomic mass is 10.1. The van der Waals surface area contributed by atoms with Crippen molar-refractivity contribution in [1.29, 1.82) is 5.26 Å². The van der Waals surface area contributed by atoms with E-state index in [2.05, 4.69) is 4.98 Å². The maximum absolute atomic E-state index is 12.5. The average molecular weight is 308 g/mol. The van der Waals surface area contributed by atoms with Crippen molar-refractivity contribution in [2.75, 3.05) is 0 Å². The quantitative estimate of drug-likeness (QED) is 0.622. The highest BCUT2D eigenvalue weighted by Gasteiger charge is 2.20. The minimum Gasteiger partial charge on any atom is -0.296 e. The van der Waals surface area contributed by atoms with E-state index in [9.17, 15) is 13.6 Å². The van der Waals surface area contributed by atoms with Gasteiger partial charge in [-0.2, -0.15) is 5.26 Å². The number of hydrogen-bond donors (Lipinski definition) is 0. The van der Waals surface area contributed by atoms with Crippen molar-refractivity contribution >= 4 is 28.9 Å². The molecule has 0 saturated carbocycles. The van der Waals surface area contributed by atoms with Crippen LogP contribution in [0.4, 0.5) is 8.78 Å². The number of aromatic nitrogens is 1. The lowest BCUT2D eigenvalue weighted by Gasteiger charge is -2.05. The van der Waals surface area contributed by atoms with Gasteiger partial charge in [-0.15, -0.1) is 0 Å². The number of pyridine rings is 1. The zero-order chi connectivity index (χ0) is 10.7. The Hall–Kier alpha value is -1.10. The Kier molecular flexibility index (Phi) is 3.46. The van der Waals surface area contributed by atoms with Crippen LogP contribution in [-0.4, -0.2) is 11.3 Å². The van der Waals surface area contributed by atoms with Crippen LogP contribution in [0, 0.1) is 14.9 Å². The second-order valence-corrected chi connectivity index (χ2v) is 3.47. The molecule has 0 unspecified atom stereocenters. The first kappa shape index (κ1) is 11.0.